The zero-order chi connectivity index (χ0) is 38.9. The first kappa shape index (κ1) is 33.3. The maximum absolute atomic E-state index is 5.42. The highest BCUT2D eigenvalue weighted by molar-refractivity contribution is 6.14. The average Bonchev–Trinajstić information content (AvgIpc) is 3.61. The molecular formula is C55H34N4. The number of fused-ring (bicyclic) bond motifs is 9. The first-order valence-electron chi connectivity index (χ1n) is 20.0. The van der Waals surface area contributed by atoms with Gasteiger partial charge < -0.3 is 0 Å². The molecule has 0 radical (unpaired) electrons. The smallest absolute Gasteiger partial charge is 0.0971 e. The molecule has 4 nitrogen and oxygen atoms in total. The second-order valence-corrected chi connectivity index (χ2v) is 15.4. The largest absolute Gasteiger partial charge is 0.256 e. The molecule has 0 fully saturated rings. The number of hydrogen-bond acceptors (Lipinski definition) is 4. The molecular weight excluding hydrogens is 717 g/mol. The van der Waals surface area contributed by atoms with Crippen molar-refractivity contribution in [3.05, 3.63) is 229 Å². The van der Waals surface area contributed by atoms with Gasteiger partial charge in [0.25, 0.3) is 0 Å². The summed E-state index contributed by atoms with van der Waals surface area (Å²) >= 11 is 0. The van der Waals surface area contributed by atoms with Crippen LogP contribution in [-0.2, 0) is 5.41 Å². The number of rotatable bonds is 5. The molecule has 0 aliphatic heterocycles. The Labute approximate surface area is 341 Å². The van der Waals surface area contributed by atoms with Gasteiger partial charge in [-0.15, -0.1) is 0 Å². The van der Waals surface area contributed by atoms with Crippen molar-refractivity contribution in [2.45, 2.75) is 5.41 Å². The topological polar surface area (TPSA) is 51.6 Å². The standard InChI is InChI=1S/C55H34N4/c1-3-16-39(17-4-1)55(40-18-5-2-6-19-40)48-22-9-7-20-41(48)46-32-47-45(33-49(46)55)42-21-8-10-23-51(42)59-52(47)37-14-11-13-36(31-37)38-25-27-50(58-34-38)43-28-30-57-54-44(43)26-24-35-15-12-29-56-53(35)54/h1-34H. The van der Waals surface area contributed by atoms with Crippen LogP contribution in [0.5, 0.6) is 0 Å². The fraction of sp³-hybridized carbons (Fsp3) is 0.0182. The van der Waals surface area contributed by atoms with E-state index in [1.54, 1.807) is 0 Å². The summed E-state index contributed by atoms with van der Waals surface area (Å²) < 4.78 is 0. The Hall–Kier alpha value is -7.82. The Morgan fingerprint density at radius 3 is 1.97 bits per heavy atom. The van der Waals surface area contributed by atoms with E-state index >= 15 is 0 Å². The molecule has 0 saturated heterocycles. The Kier molecular flexibility index (Phi) is 7.41. The summed E-state index contributed by atoms with van der Waals surface area (Å²) in [6, 6.07) is 67.7. The predicted octanol–water partition coefficient (Wildman–Crippen LogP) is 13.2. The number of aromatic nitrogens is 4. The van der Waals surface area contributed by atoms with E-state index in [1.165, 1.54) is 38.8 Å². The molecule has 0 bridgehead atoms. The average molecular weight is 751 g/mol. The third kappa shape index (κ3) is 5.03. The molecule has 0 saturated carbocycles. The summed E-state index contributed by atoms with van der Waals surface area (Å²) in [5.41, 5.74) is 15.9. The lowest BCUT2D eigenvalue weighted by Crippen LogP contribution is -2.28. The van der Waals surface area contributed by atoms with Crippen LogP contribution in [0.15, 0.2) is 207 Å². The van der Waals surface area contributed by atoms with Crippen LogP contribution in [0.1, 0.15) is 22.3 Å². The molecule has 4 aromatic heterocycles. The van der Waals surface area contributed by atoms with Crippen molar-refractivity contribution < 1.29 is 0 Å². The summed E-state index contributed by atoms with van der Waals surface area (Å²) in [5, 5.41) is 5.57. The van der Waals surface area contributed by atoms with Crippen LogP contribution in [0.3, 0.4) is 0 Å². The molecule has 1 aliphatic rings. The summed E-state index contributed by atoms with van der Waals surface area (Å²) in [6.45, 7) is 0. The van der Waals surface area contributed by atoms with Gasteiger partial charge in [-0.2, -0.15) is 0 Å². The molecule has 4 heteroatoms. The van der Waals surface area contributed by atoms with E-state index in [0.717, 1.165) is 71.7 Å². The van der Waals surface area contributed by atoms with Crippen LogP contribution in [0, 0.1) is 0 Å². The van der Waals surface area contributed by atoms with Gasteiger partial charge in [0.2, 0.25) is 0 Å². The lowest BCUT2D eigenvalue weighted by molar-refractivity contribution is 0.769. The number of benzene rings is 7. The SMILES string of the molecule is c1ccc(C2(c3ccccc3)c3ccccc3-c3cc4c(-c5cccc(-c6ccc(-c7ccnc8c7ccc7cccnc78)nc6)c5)nc5ccccc5c4cc32)cc1. The highest BCUT2D eigenvalue weighted by Gasteiger charge is 2.46. The van der Waals surface area contributed by atoms with Crippen LogP contribution in [0.2, 0.25) is 0 Å². The van der Waals surface area contributed by atoms with Crippen LogP contribution < -0.4 is 0 Å². The monoisotopic (exact) mass is 750 g/mol. The van der Waals surface area contributed by atoms with Crippen LogP contribution in [0.25, 0.3) is 88.2 Å². The molecule has 0 unspecified atom stereocenters. The van der Waals surface area contributed by atoms with Gasteiger partial charge in [0, 0.05) is 56.8 Å². The lowest BCUT2D eigenvalue weighted by Gasteiger charge is -2.34. The van der Waals surface area contributed by atoms with Gasteiger partial charge >= 0.3 is 0 Å². The Morgan fingerprint density at radius 2 is 1.14 bits per heavy atom. The van der Waals surface area contributed by atoms with E-state index in [4.69, 9.17) is 15.0 Å². The van der Waals surface area contributed by atoms with Crippen molar-refractivity contribution >= 4 is 43.5 Å². The Bertz CT molecular complexity index is 3390. The highest BCUT2D eigenvalue weighted by atomic mass is 14.7. The van der Waals surface area contributed by atoms with Gasteiger partial charge in [-0.3, -0.25) is 15.0 Å². The third-order valence-electron chi connectivity index (χ3n) is 12.3. The minimum Gasteiger partial charge on any atom is -0.256 e. The summed E-state index contributed by atoms with van der Waals surface area (Å²) in [6.07, 6.45) is 5.65. The minimum atomic E-state index is -0.487. The minimum absolute atomic E-state index is 0.487. The summed E-state index contributed by atoms with van der Waals surface area (Å²) in [5.74, 6) is 0. The van der Waals surface area contributed by atoms with Gasteiger partial charge in [0.05, 0.1) is 33.4 Å². The zero-order valence-electron chi connectivity index (χ0n) is 31.9. The molecule has 7 aromatic carbocycles. The maximum atomic E-state index is 5.42. The van der Waals surface area contributed by atoms with Crippen molar-refractivity contribution in [3.63, 3.8) is 0 Å². The van der Waals surface area contributed by atoms with Crippen LogP contribution in [0.4, 0.5) is 0 Å². The van der Waals surface area contributed by atoms with Crippen molar-refractivity contribution in [3.8, 4) is 44.8 Å². The van der Waals surface area contributed by atoms with Crippen LogP contribution >= 0.6 is 0 Å². The van der Waals surface area contributed by atoms with Crippen molar-refractivity contribution in [1.82, 2.24) is 19.9 Å². The highest BCUT2D eigenvalue weighted by Crippen LogP contribution is 2.57. The van der Waals surface area contributed by atoms with E-state index in [1.807, 2.05) is 30.7 Å². The predicted molar refractivity (Wildman–Crippen MR) is 241 cm³/mol. The molecule has 11 aromatic rings. The molecule has 1 aliphatic carbocycles. The number of para-hydroxylation sites is 1. The quantitative estimate of drug-likeness (QED) is 0.164. The molecule has 0 atom stereocenters. The van der Waals surface area contributed by atoms with Gasteiger partial charge in [-0.25, -0.2) is 4.98 Å². The van der Waals surface area contributed by atoms with E-state index in [-0.39, 0.29) is 0 Å². The Morgan fingerprint density at radius 1 is 0.373 bits per heavy atom. The first-order chi connectivity index (χ1) is 29.3. The Balaban J connectivity index is 1.03. The molecule has 0 spiro atoms. The summed E-state index contributed by atoms with van der Waals surface area (Å²) in [4.78, 5) is 19.8. The van der Waals surface area contributed by atoms with E-state index in [2.05, 4.69) is 181 Å². The summed E-state index contributed by atoms with van der Waals surface area (Å²) in [7, 11) is 0. The van der Waals surface area contributed by atoms with Gasteiger partial charge in [0.15, 0.2) is 0 Å². The molecule has 4 heterocycles. The lowest BCUT2D eigenvalue weighted by atomic mass is 9.67. The van der Waals surface area contributed by atoms with Crippen LogP contribution in [-0.4, -0.2) is 19.9 Å². The third-order valence-corrected chi connectivity index (χ3v) is 12.3. The van der Waals surface area contributed by atoms with Crippen molar-refractivity contribution in [2.75, 3.05) is 0 Å². The maximum Gasteiger partial charge on any atom is 0.0971 e. The van der Waals surface area contributed by atoms with Crippen molar-refractivity contribution in [2.24, 2.45) is 0 Å². The van der Waals surface area contributed by atoms with Gasteiger partial charge in [-0.1, -0.05) is 146 Å². The molecule has 12 rings (SSSR count). The number of pyridine rings is 4. The fourth-order valence-corrected chi connectivity index (χ4v) is 9.65. The first-order valence-corrected chi connectivity index (χ1v) is 20.0. The van der Waals surface area contributed by atoms with Crippen molar-refractivity contribution in [1.29, 1.82) is 0 Å². The zero-order valence-corrected chi connectivity index (χ0v) is 31.9. The fourth-order valence-electron chi connectivity index (χ4n) is 9.65. The van der Waals surface area contributed by atoms with E-state index < -0.39 is 5.41 Å². The molecule has 59 heavy (non-hydrogen) atoms. The number of hydrogen-bond donors (Lipinski definition) is 0. The van der Waals surface area contributed by atoms with E-state index in [0.29, 0.717) is 0 Å². The normalized spacial score (nSPS) is 12.9. The van der Waals surface area contributed by atoms with Gasteiger partial charge in [0.1, 0.15) is 0 Å². The molecule has 0 N–H and O–H groups in total. The number of nitrogens with zero attached hydrogens (tertiary/aromatic N) is 4. The molecule has 274 valence electrons. The second-order valence-electron chi connectivity index (χ2n) is 15.4. The van der Waals surface area contributed by atoms with E-state index in [9.17, 15) is 0 Å². The second kappa shape index (κ2) is 13.1. The van der Waals surface area contributed by atoms with Gasteiger partial charge in [-0.05, 0) is 86.8 Å². The molecule has 0 amide bonds.